The van der Waals surface area contributed by atoms with Crippen LogP contribution in [0.4, 0.5) is 10.5 Å². The summed E-state index contributed by atoms with van der Waals surface area (Å²) in [6, 6.07) is 9.76. The Kier molecular flexibility index (Phi) is 3.36. The number of nitriles is 2. The Hall–Kier alpha value is -3.32. The molecule has 7 nitrogen and oxygen atoms in total. The van der Waals surface area contributed by atoms with Crippen LogP contribution in [0.5, 0.6) is 0 Å². The molecule has 7 heteroatoms. The molecule has 0 saturated heterocycles. The largest absolute Gasteiger partial charge is 0.431 e. The number of rotatable bonds is 1. The fraction of sp³-hybridized carbons (Fsp3) is 0.0769. The van der Waals surface area contributed by atoms with Crippen molar-refractivity contribution < 1.29 is 14.4 Å². The van der Waals surface area contributed by atoms with E-state index in [-0.39, 0.29) is 11.1 Å². The Labute approximate surface area is 114 Å². The first-order valence-electron chi connectivity index (χ1n) is 5.52. The molecule has 1 N–H and O–H groups in total. The van der Waals surface area contributed by atoms with Crippen LogP contribution in [-0.2, 0) is 9.63 Å². The van der Waals surface area contributed by atoms with Gasteiger partial charge in [-0.15, -0.1) is 5.06 Å². The summed E-state index contributed by atoms with van der Waals surface area (Å²) in [5, 5.41) is 20.8. The van der Waals surface area contributed by atoms with Gasteiger partial charge in [0.25, 0.3) is 5.91 Å². The molecule has 2 amide bonds. The number of nitrogens with zero attached hydrogens (tertiary/aromatic N) is 3. The Balaban J connectivity index is 2.60. The van der Waals surface area contributed by atoms with Gasteiger partial charge in [-0.2, -0.15) is 10.5 Å². The van der Waals surface area contributed by atoms with Crippen molar-refractivity contribution in [1.29, 1.82) is 10.5 Å². The van der Waals surface area contributed by atoms with E-state index in [4.69, 9.17) is 15.4 Å². The highest BCUT2D eigenvalue weighted by atomic mass is 16.7. The molecule has 1 aromatic rings. The van der Waals surface area contributed by atoms with Crippen LogP contribution in [-0.4, -0.2) is 19.0 Å². The molecule has 98 valence electrons. The Morgan fingerprint density at radius 2 is 1.95 bits per heavy atom. The molecule has 0 aromatic heterocycles. The van der Waals surface area contributed by atoms with E-state index in [9.17, 15) is 9.59 Å². The molecule has 0 unspecified atom stereocenters. The van der Waals surface area contributed by atoms with Crippen LogP contribution in [0, 0.1) is 22.7 Å². The van der Waals surface area contributed by atoms with Gasteiger partial charge in [0.2, 0.25) is 0 Å². The van der Waals surface area contributed by atoms with Crippen molar-refractivity contribution in [2.75, 3.05) is 12.1 Å². The van der Waals surface area contributed by atoms with Crippen molar-refractivity contribution in [2.45, 2.75) is 0 Å². The molecule has 0 spiro atoms. The molecule has 2 rings (SSSR count). The third-order valence-electron chi connectivity index (χ3n) is 2.64. The number of para-hydroxylation sites is 1. The SMILES string of the molecule is CNC(=O)ON1C(=O)C(=C(C#N)C#N)c2ccccc21. The van der Waals surface area contributed by atoms with Crippen molar-refractivity contribution in [3.8, 4) is 12.1 Å². The molecule has 0 bridgehead atoms. The molecule has 20 heavy (non-hydrogen) atoms. The van der Waals surface area contributed by atoms with Crippen molar-refractivity contribution in [1.82, 2.24) is 5.32 Å². The average Bonchev–Trinajstić information content (AvgIpc) is 2.74. The summed E-state index contributed by atoms with van der Waals surface area (Å²) in [6.45, 7) is 0. The van der Waals surface area contributed by atoms with Gasteiger partial charge in [-0.05, 0) is 6.07 Å². The minimum absolute atomic E-state index is 0.0745. The standard InChI is InChI=1S/C13H8N4O3/c1-16-13(19)20-17-10-5-3-2-4-9(10)11(12(17)18)8(6-14)7-15/h2-5H,1H3,(H,16,19). The fourth-order valence-corrected chi connectivity index (χ4v) is 1.79. The van der Waals surface area contributed by atoms with E-state index in [0.29, 0.717) is 11.3 Å². The number of carbonyl (C=O) groups excluding carboxylic acids is 2. The zero-order valence-electron chi connectivity index (χ0n) is 10.4. The van der Waals surface area contributed by atoms with Gasteiger partial charge in [0.15, 0.2) is 0 Å². The zero-order chi connectivity index (χ0) is 14.7. The summed E-state index contributed by atoms with van der Waals surface area (Å²) in [7, 11) is 1.35. The first-order valence-corrected chi connectivity index (χ1v) is 5.52. The minimum Gasteiger partial charge on any atom is -0.323 e. The van der Waals surface area contributed by atoms with E-state index >= 15 is 0 Å². The average molecular weight is 268 g/mol. The highest BCUT2D eigenvalue weighted by Gasteiger charge is 2.37. The third-order valence-corrected chi connectivity index (χ3v) is 2.64. The first kappa shape index (κ1) is 13.1. The van der Waals surface area contributed by atoms with E-state index in [1.807, 2.05) is 0 Å². The van der Waals surface area contributed by atoms with Gasteiger partial charge < -0.3 is 10.2 Å². The van der Waals surface area contributed by atoms with Crippen LogP contribution in [0.3, 0.4) is 0 Å². The number of hydrogen-bond acceptors (Lipinski definition) is 5. The molecule has 1 aliphatic rings. The minimum atomic E-state index is -0.829. The number of nitrogens with one attached hydrogen (secondary N) is 1. The maximum Gasteiger partial charge on any atom is 0.431 e. The zero-order valence-corrected chi connectivity index (χ0v) is 10.4. The summed E-state index contributed by atoms with van der Waals surface area (Å²) in [6.07, 6.45) is -0.829. The number of benzene rings is 1. The van der Waals surface area contributed by atoms with Gasteiger partial charge >= 0.3 is 6.09 Å². The summed E-state index contributed by atoms with van der Waals surface area (Å²) in [4.78, 5) is 28.3. The second-order valence-corrected chi connectivity index (χ2v) is 3.72. The first-order chi connectivity index (χ1) is 9.63. The molecule has 0 radical (unpaired) electrons. The van der Waals surface area contributed by atoms with Gasteiger partial charge in [-0.3, -0.25) is 4.79 Å². The Morgan fingerprint density at radius 3 is 2.55 bits per heavy atom. The maximum atomic E-state index is 12.2. The molecule has 0 fully saturated rings. The second-order valence-electron chi connectivity index (χ2n) is 3.72. The van der Waals surface area contributed by atoms with Gasteiger partial charge in [0.05, 0.1) is 11.3 Å². The molecule has 0 saturated carbocycles. The third kappa shape index (κ3) is 1.93. The quantitative estimate of drug-likeness (QED) is 0.606. The summed E-state index contributed by atoms with van der Waals surface area (Å²) in [5.41, 5.74) is 0.276. The lowest BCUT2D eigenvalue weighted by molar-refractivity contribution is -0.117. The lowest BCUT2D eigenvalue weighted by Crippen LogP contribution is -2.34. The van der Waals surface area contributed by atoms with Crippen LogP contribution < -0.4 is 10.4 Å². The van der Waals surface area contributed by atoms with Crippen molar-refractivity contribution in [2.24, 2.45) is 0 Å². The summed E-state index contributed by atoms with van der Waals surface area (Å²) in [5.74, 6) is -0.729. The highest BCUT2D eigenvalue weighted by Crippen LogP contribution is 2.38. The maximum absolute atomic E-state index is 12.2. The topological polar surface area (TPSA) is 106 Å². The number of hydroxylamine groups is 1. The Morgan fingerprint density at radius 1 is 1.30 bits per heavy atom. The van der Waals surface area contributed by atoms with Gasteiger partial charge in [-0.1, -0.05) is 18.2 Å². The van der Waals surface area contributed by atoms with Crippen LogP contribution in [0.2, 0.25) is 0 Å². The smallest absolute Gasteiger partial charge is 0.323 e. The molecular formula is C13H8N4O3. The van der Waals surface area contributed by atoms with E-state index in [2.05, 4.69) is 5.32 Å². The van der Waals surface area contributed by atoms with Crippen LogP contribution >= 0.6 is 0 Å². The fourth-order valence-electron chi connectivity index (χ4n) is 1.79. The number of amides is 2. The second kappa shape index (κ2) is 5.12. The lowest BCUT2D eigenvalue weighted by Gasteiger charge is -2.14. The molecule has 1 heterocycles. The number of hydrogen-bond donors (Lipinski definition) is 1. The lowest BCUT2D eigenvalue weighted by atomic mass is 10.0. The normalized spacial score (nSPS) is 12.2. The van der Waals surface area contributed by atoms with Gasteiger partial charge in [-0.25, -0.2) is 4.79 Å². The van der Waals surface area contributed by atoms with Crippen molar-refractivity contribution >= 4 is 23.3 Å². The predicted octanol–water partition coefficient (Wildman–Crippen LogP) is 1.10. The van der Waals surface area contributed by atoms with Crippen LogP contribution in [0.1, 0.15) is 5.56 Å². The summed E-state index contributed by atoms with van der Waals surface area (Å²) < 4.78 is 0. The Bertz CT molecular complexity index is 693. The van der Waals surface area contributed by atoms with Gasteiger partial charge in [0, 0.05) is 12.6 Å². The number of allylic oxidation sites excluding steroid dienone is 1. The molecule has 1 aliphatic heterocycles. The monoisotopic (exact) mass is 268 g/mol. The predicted molar refractivity (Wildman–Crippen MR) is 67.6 cm³/mol. The molecular weight excluding hydrogens is 260 g/mol. The van der Waals surface area contributed by atoms with Gasteiger partial charge in [0.1, 0.15) is 17.7 Å². The number of carbonyl (C=O) groups is 2. The van der Waals surface area contributed by atoms with Crippen LogP contribution in [0.15, 0.2) is 29.8 Å². The number of anilines is 1. The van der Waals surface area contributed by atoms with E-state index < -0.39 is 12.0 Å². The summed E-state index contributed by atoms with van der Waals surface area (Å²) >= 11 is 0. The van der Waals surface area contributed by atoms with E-state index in [1.165, 1.54) is 7.05 Å². The van der Waals surface area contributed by atoms with Crippen LogP contribution in [0.25, 0.3) is 5.57 Å². The molecule has 0 atom stereocenters. The number of fused-ring (bicyclic) bond motifs is 1. The highest BCUT2D eigenvalue weighted by molar-refractivity contribution is 6.33. The van der Waals surface area contributed by atoms with E-state index in [1.54, 1.807) is 36.4 Å². The van der Waals surface area contributed by atoms with E-state index in [0.717, 1.165) is 5.06 Å². The molecule has 0 aliphatic carbocycles. The molecule has 1 aromatic carbocycles. The van der Waals surface area contributed by atoms with Crippen molar-refractivity contribution in [3.05, 3.63) is 35.4 Å². The van der Waals surface area contributed by atoms with Crippen molar-refractivity contribution in [3.63, 3.8) is 0 Å².